The van der Waals surface area contributed by atoms with Crippen molar-refractivity contribution in [3.63, 3.8) is 0 Å². The minimum Gasteiger partial charge on any atom is -0.296 e. The summed E-state index contributed by atoms with van der Waals surface area (Å²) in [7, 11) is 0. The van der Waals surface area contributed by atoms with E-state index in [1.54, 1.807) is 6.07 Å². The van der Waals surface area contributed by atoms with Crippen LogP contribution >= 0.6 is 24.5 Å². The van der Waals surface area contributed by atoms with E-state index in [1.807, 2.05) is 0 Å². The molecule has 0 nitrogen and oxygen atoms in total. The summed E-state index contributed by atoms with van der Waals surface area (Å²) in [5.41, 5.74) is -0.751. The Morgan fingerprint density at radius 1 is 1.31 bits per heavy atom. The fourth-order valence-electron chi connectivity index (χ4n) is 0.873. The van der Waals surface area contributed by atoms with Gasteiger partial charge in [0.1, 0.15) is 0 Å². The zero-order chi connectivity index (χ0) is 10.1. The van der Waals surface area contributed by atoms with Crippen LogP contribution in [0, 0.1) is 0 Å². The molecule has 0 aliphatic rings. The molecule has 1 aromatic carbocycles. The first-order valence-corrected chi connectivity index (χ1v) is 8.35. The summed E-state index contributed by atoms with van der Waals surface area (Å²) in [5.74, 6) is 0. The molecule has 0 unspecified atom stereocenters. The molecule has 0 aliphatic carbocycles. The van der Waals surface area contributed by atoms with Crippen molar-refractivity contribution in [3.8, 4) is 0 Å². The predicted molar refractivity (Wildman–Crippen MR) is 50.8 cm³/mol. The number of benzene rings is 1. The van der Waals surface area contributed by atoms with Crippen molar-refractivity contribution in [1.82, 2.24) is 0 Å². The first-order valence-electron chi connectivity index (χ1n) is 3.36. The van der Waals surface area contributed by atoms with Gasteiger partial charge >= 0.3 is 24.4 Å². The quantitative estimate of drug-likeness (QED) is 0.695. The van der Waals surface area contributed by atoms with Gasteiger partial charge in [0, 0.05) is 0 Å². The largest absolute Gasteiger partial charge is 0.506 e. The molecule has 0 bridgehead atoms. The summed E-state index contributed by atoms with van der Waals surface area (Å²) < 4.78 is 37.5. The Morgan fingerprint density at radius 3 is 2.38 bits per heavy atom. The van der Waals surface area contributed by atoms with Gasteiger partial charge in [0.2, 0.25) is 0 Å². The van der Waals surface area contributed by atoms with E-state index in [9.17, 15) is 13.2 Å². The highest BCUT2D eigenvalue weighted by Crippen LogP contribution is 2.33. The van der Waals surface area contributed by atoms with Crippen molar-refractivity contribution in [2.24, 2.45) is 0 Å². The van der Waals surface area contributed by atoms with Gasteiger partial charge in [-0.2, -0.15) is 16.9 Å². The molecule has 6 heteroatoms. The van der Waals surface area contributed by atoms with Gasteiger partial charge in [-0.05, 0) is 6.07 Å². The van der Waals surface area contributed by atoms with Crippen LogP contribution < -0.4 is 3.69 Å². The van der Waals surface area contributed by atoms with Crippen LogP contribution in [0.1, 0.15) is 5.56 Å². The Kier molecular flexibility index (Phi) is 3.91. The Bertz CT molecular complexity index is 313. The van der Waals surface area contributed by atoms with Crippen LogP contribution in [-0.4, -0.2) is 18.2 Å². The molecule has 0 radical (unpaired) electrons. The maximum atomic E-state index is 12.3. The van der Waals surface area contributed by atoms with Crippen LogP contribution in [0.3, 0.4) is 0 Å². The van der Waals surface area contributed by atoms with Crippen molar-refractivity contribution in [2.45, 2.75) is 6.18 Å². The lowest BCUT2D eigenvalue weighted by Gasteiger charge is -2.09. The van der Waals surface area contributed by atoms with Crippen LogP contribution in [-0.2, 0) is 6.18 Å². The van der Waals surface area contributed by atoms with Crippen LogP contribution in [0.5, 0.6) is 0 Å². The second-order valence-corrected chi connectivity index (χ2v) is 5.62. The maximum Gasteiger partial charge on any atom is 0.506 e. The first-order chi connectivity index (χ1) is 5.95. The number of halogens is 5. The van der Waals surface area contributed by atoms with Crippen molar-refractivity contribution in [1.29, 1.82) is 0 Å². The Labute approximate surface area is 94.0 Å². The van der Waals surface area contributed by atoms with E-state index in [4.69, 9.17) is 11.6 Å². The minimum atomic E-state index is -4.36. The monoisotopic (exact) mass is 282 g/mol. The van der Waals surface area contributed by atoms with Crippen LogP contribution in [0.15, 0.2) is 18.2 Å². The molecule has 1 aromatic rings. The summed E-state index contributed by atoms with van der Waals surface area (Å²) >= 11 is 7.88. The SMILES string of the molecule is FC(F)(F)c1c[c]([Mg][Br])ccc1Cl. The molecule has 0 fully saturated rings. The predicted octanol–water partition coefficient (Wildman–Crippen LogP) is 3.00. The van der Waals surface area contributed by atoms with Gasteiger partial charge in [-0.1, -0.05) is 23.7 Å². The molecule has 0 aromatic heterocycles. The fraction of sp³-hybridized carbons (Fsp3) is 0.143. The van der Waals surface area contributed by atoms with Crippen LogP contribution in [0.4, 0.5) is 13.2 Å². The van der Waals surface area contributed by atoms with Gasteiger partial charge < -0.3 is 0 Å². The molecular weight excluding hydrogens is 281 g/mol. The molecule has 0 saturated heterocycles. The lowest BCUT2D eigenvalue weighted by atomic mass is 10.2. The highest BCUT2D eigenvalue weighted by atomic mass is 79.9. The topological polar surface area (TPSA) is 0 Å². The van der Waals surface area contributed by atoms with E-state index in [0.29, 0.717) is 3.69 Å². The average Bonchev–Trinajstić information content (AvgIpc) is 2.03. The molecule has 0 heterocycles. The summed E-state index contributed by atoms with van der Waals surface area (Å²) in [5, 5.41) is -0.244. The first kappa shape index (κ1) is 11.6. The highest BCUT2D eigenvalue weighted by Gasteiger charge is 2.33. The van der Waals surface area contributed by atoms with Gasteiger partial charge in [0.15, 0.2) is 0 Å². The van der Waals surface area contributed by atoms with Crippen molar-refractivity contribution < 1.29 is 13.2 Å². The molecule has 13 heavy (non-hydrogen) atoms. The molecule has 0 atom stereocenters. The molecule has 0 amide bonds. The number of hydrogen-bond donors (Lipinski definition) is 0. The third-order valence-electron chi connectivity index (χ3n) is 1.49. The molecular formula is C7H3BrClF3Mg. The normalized spacial score (nSPS) is 11.2. The molecule has 68 valence electrons. The number of alkyl halides is 3. The van der Waals surface area contributed by atoms with Gasteiger partial charge in [-0.25, -0.2) is 0 Å². The van der Waals surface area contributed by atoms with E-state index in [1.165, 1.54) is 6.07 Å². The lowest BCUT2D eigenvalue weighted by molar-refractivity contribution is -0.137. The summed E-state index contributed by atoms with van der Waals surface area (Å²) in [6.45, 7) is 0. The minimum absolute atomic E-state index is 0.244. The Balaban J connectivity index is 3.19. The average molecular weight is 284 g/mol. The van der Waals surface area contributed by atoms with Gasteiger partial charge in [0.05, 0.1) is 10.6 Å². The third-order valence-corrected chi connectivity index (χ3v) is 4.51. The van der Waals surface area contributed by atoms with E-state index in [2.05, 4.69) is 12.9 Å². The van der Waals surface area contributed by atoms with E-state index in [0.717, 1.165) is 6.07 Å². The van der Waals surface area contributed by atoms with Gasteiger partial charge in [-0.3, -0.25) is 12.9 Å². The standard InChI is InChI=1S/C7H3ClF3.BrH.Mg/c8-6-4-2-1-3-5(6)7(9,10)11;;/h2-4H;1H;/q;;+1/p-1. The van der Waals surface area contributed by atoms with Crippen molar-refractivity contribution in [2.75, 3.05) is 0 Å². The fourth-order valence-corrected chi connectivity index (χ4v) is 2.63. The second kappa shape index (κ2) is 4.38. The van der Waals surface area contributed by atoms with Gasteiger partial charge in [0.25, 0.3) is 0 Å². The molecule has 0 aliphatic heterocycles. The molecule has 0 N–H and O–H groups in total. The molecule has 1 rings (SSSR count). The van der Waals surface area contributed by atoms with E-state index >= 15 is 0 Å². The van der Waals surface area contributed by atoms with Crippen molar-refractivity contribution >= 4 is 46.4 Å². The molecule has 0 saturated carbocycles. The van der Waals surface area contributed by atoms with Gasteiger partial charge in [-0.15, -0.1) is 0 Å². The maximum absolute atomic E-state index is 12.3. The van der Waals surface area contributed by atoms with Crippen LogP contribution in [0.25, 0.3) is 0 Å². The third kappa shape index (κ3) is 3.01. The summed E-state index contributed by atoms with van der Waals surface area (Å²) in [6, 6.07) is 4.00. The summed E-state index contributed by atoms with van der Waals surface area (Å²) in [6.07, 6.45) is -4.36. The molecule has 0 spiro atoms. The zero-order valence-corrected chi connectivity index (χ0v) is 10.1. The second-order valence-electron chi connectivity index (χ2n) is 2.45. The number of hydrogen-bond acceptors (Lipinski definition) is 0. The Hall–Kier alpha value is 0.546. The Morgan fingerprint density at radius 2 is 1.92 bits per heavy atom. The number of rotatable bonds is 1. The van der Waals surface area contributed by atoms with Crippen LogP contribution in [0.2, 0.25) is 5.02 Å². The van der Waals surface area contributed by atoms with E-state index in [-0.39, 0.29) is 5.02 Å². The zero-order valence-electron chi connectivity index (χ0n) is 6.33. The highest BCUT2D eigenvalue weighted by molar-refractivity contribution is 9.23. The lowest BCUT2D eigenvalue weighted by Crippen LogP contribution is -2.14. The van der Waals surface area contributed by atoms with Crippen molar-refractivity contribution in [3.05, 3.63) is 28.8 Å². The summed E-state index contributed by atoms with van der Waals surface area (Å²) in [4.78, 5) is 0. The van der Waals surface area contributed by atoms with E-state index < -0.39 is 29.9 Å². The smallest absolute Gasteiger partial charge is 0.296 e.